The fourth-order valence-electron chi connectivity index (χ4n) is 9.17. The van der Waals surface area contributed by atoms with Gasteiger partial charge in [0.2, 0.25) is 23.6 Å². The third kappa shape index (κ3) is 10.8. The lowest BCUT2D eigenvalue weighted by Crippen LogP contribution is -2.54. The summed E-state index contributed by atoms with van der Waals surface area (Å²) in [5.41, 5.74) is 4.01. The molecule has 6 rings (SSSR count). The van der Waals surface area contributed by atoms with Crippen molar-refractivity contribution >= 4 is 52.9 Å². The van der Waals surface area contributed by atoms with Crippen LogP contribution in [-0.2, 0) is 28.7 Å². The van der Waals surface area contributed by atoms with E-state index in [1.54, 1.807) is 21.9 Å². The first kappa shape index (κ1) is 47.3. The van der Waals surface area contributed by atoms with Gasteiger partial charge in [0.1, 0.15) is 30.0 Å². The van der Waals surface area contributed by atoms with Gasteiger partial charge in [-0.2, -0.15) is 0 Å². The molecule has 3 aromatic rings. The van der Waals surface area contributed by atoms with Gasteiger partial charge < -0.3 is 45.4 Å². The Kier molecular flexibility index (Phi) is 15.9. The molecular weight excluding hydrogens is 822 g/mol. The average molecular weight is 884 g/mol. The molecule has 0 saturated carbocycles. The monoisotopic (exact) mass is 883 g/mol. The van der Waals surface area contributed by atoms with Gasteiger partial charge in [0.15, 0.2) is 0 Å². The van der Waals surface area contributed by atoms with E-state index in [9.17, 15) is 33.2 Å². The highest BCUT2D eigenvalue weighted by molar-refractivity contribution is 5.99. The Morgan fingerprint density at radius 3 is 1.36 bits per heavy atom. The van der Waals surface area contributed by atoms with E-state index in [2.05, 4.69) is 26.2 Å². The first-order valence-corrected chi connectivity index (χ1v) is 22.4. The number of carbonyl (C=O) groups is 6. The number of nitrogens with zero attached hydrogens (tertiary/aromatic N) is 3. The Labute approximate surface area is 374 Å². The molecule has 0 aliphatic carbocycles. The third-order valence-electron chi connectivity index (χ3n) is 13.2. The Morgan fingerprint density at radius 1 is 0.609 bits per heavy atom. The number of anilines is 3. The number of methoxy groups -OCH3 is 2. The van der Waals surface area contributed by atoms with Gasteiger partial charge in [0, 0.05) is 30.2 Å². The van der Waals surface area contributed by atoms with Gasteiger partial charge in [0.25, 0.3) is 0 Å². The predicted molar refractivity (Wildman–Crippen MR) is 241 cm³/mol. The summed E-state index contributed by atoms with van der Waals surface area (Å²) in [6, 6.07) is 18.6. The topological polar surface area (TPSA) is 179 Å². The molecule has 16 heteroatoms. The van der Waals surface area contributed by atoms with Gasteiger partial charge in [0.05, 0.1) is 26.3 Å². The molecule has 3 aromatic carbocycles. The van der Waals surface area contributed by atoms with Crippen molar-refractivity contribution in [3.05, 3.63) is 89.7 Å². The highest BCUT2D eigenvalue weighted by Gasteiger charge is 2.41. The van der Waals surface area contributed by atoms with Gasteiger partial charge in [-0.3, -0.25) is 19.2 Å². The summed E-state index contributed by atoms with van der Waals surface area (Å²) in [7, 11) is 2.49. The molecule has 3 heterocycles. The summed E-state index contributed by atoms with van der Waals surface area (Å²) >= 11 is 0. The number of benzene rings is 3. The van der Waals surface area contributed by atoms with Crippen LogP contribution < -0.4 is 26.2 Å². The number of likely N-dealkylation sites (tertiary alicyclic amines) is 2. The molecule has 3 saturated heterocycles. The second-order valence-corrected chi connectivity index (χ2v) is 17.1. The average Bonchev–Trinajstić information content (AvgIpc) is 4.11. The molecular formula is C48H62FN7O8. The molecule has 3 fully saturated rings. The molecule has 0 radical (unpaired) electrons. The minimum absolute atomic E-state index is 0.0823. The molecule has 0 aromatic heterocycles. The smallest absolute Gasteiger partial charge is 0.407 e. The zero-order chi connectivity index (χ0) is 46.1. The number of hydrogen-bond acceptors (Lipinski definition) is 9. The number of hydrogen-bond donors (Lipinski definition) is 4. The molecule has 4 N–H and O–H groups in total. The number of amides is 6. The largest absolute Gasteiger partial charge is 0.453 e. The number of ether oxygens (including phenoxy) is 2. The van der Waals surface area contributed by atoms with Crippen molar-refractivity contribution in [2.75, 3.05) is 42.8 Å². The van der Waals surface area contributed by atoms with Gasteiger partial charge in [-0.15, -0.1) is 0 Å². The minimum atomic E-state index is -0.817. The van der Waals surface area contributed by atoms with E-state index in [4.69, 9.17) is 9.47 Å². The van der Waals surface area contributed by atoms with E-state index in [-0.39, 0.29) is 53.4 Å². The van der Waals surface area contributed by atoms with Gasteiger partial charge >= 0.3 is 12.2 Å². The van der Waals surface area contributed by atoms with Crippen molar-refractivity contribution < 1.29 is 42.6 Å². The third-order valence-corrected chi connectivity index (χ3v) is 13.2. The van der Waals surface area contributed by atoms with Crippen LogP contribution in [0.4, 0.5) is 31.0 Å². The highest BCUT2D eigenvalue weighted by Crippen LogP contribution is 2.47. The van der Waals surface area contributed by atoms with Crippen molar-refractivity contribution in [3.63, 3.8) is 0 Å². The Balaban J connectivity index is 1.14. The van der Waals surface area contributed by atoms with E-state index >= 15 is 0 Å². The highest BCUT2D eigenvalue weighted by atomic mass is 19.1. The van der Waals surface area contributed by atoms with E-state index in [1.165, 1.54) is 26.4 Å². The SMILES string of the molecule is CC[C@H](C)[C@H](NC(=O)OC)C(=O)N1CCC[C@H]1C(=O)Nc1ccc([C@H]2CC[C@H](c3ccc(NC(=O)[C@@H]4CCCN4C(=O)[C@@H](NC(=O)OC)[C@@H](C)CC)cc3)N2c2ccc(F)cc2)cc1. The quantitative estimate of drug-likeness (QED) is 0.122. The van der Waals surface area contributed by atoms with E-state index in [1.807, 2.05) is 76.2 Å². The maximum absolute atomic E-state index is 14.2. The van der Waals surface area contributed by atoms with Crippen LogP contribution in [0.1, 0.15) is 102 Å². The van der Waals surface area contributed by atoms with E-state index in [0.717, 1.165) is 29.7 Å². The van der Waals surface area contributed by atoms with E-state index < -0.39 is 36.4 Å². The number of nitrogens with one attached hydrogen (secondary N) is 4. The van der Waals surface area contributed by atoms with Crippen molar-refractivity contribution in [1.29, 1.82) is 0 Å². The Hall–Kier alpha value is -6.19. The van der Waals surface area contributed by atoms with Crippen LogP contribution in [0.5, 0.6) is 0 Å². The van der Waals surface area contributed by atoms with Crippen LogP contribution >= 0.6 is 0 Å². The molecule has 3 aliphatic heterocycles. The molecule has 6 amide bonds. The summed E-state index contributed by atoms with van der Waals surface area (Å²) in [6.45, 7) is 8.44. The predicted octanol–water partition coefficient (Wildman–Crippen LogP) is 7.31. The number of carbonyl (C=O) groups excluding carboxylic acids is 6. The summed E-state index contributed by atoms with van der Waals surface area (Å²) in [4.78, 5) is 84.2. The van der Waals surface area contributed by atoms with Crippen LogP contribution in [-0.4, -0.2) is 97.1 Å². The molecule has 64 heavy (non-hydrogen) atoms. The fraction of sp³-hybridized carbons (Fsp3) is 0.500. The zero-order valence-corrected chi connectivity index (χ0v) is 37.6. The van der Waals surface area contributed by atoms with Gasteiger partial charge in [-0.25, -0.2) is 14.0 Å². The lowest BCUT2D eigenvalue weighted by molar-refractivity contribution is -0.139. The van der Waals surface area contributed by atoms with Crippen LogP contribution in [0.25, 0.3) is 0 Å². The first-order valence-electron chi connectivity index (χ1n) is 22.4. The summed E-state index contributed by atoms with van der Waals surface area (Å²) in [6.07, 6.45) is 3.80. The summed E-state index contributed by atoms with van der Waals surface area (Å²) in [5.74, 6) is -1.89. The first-order chi connectivity index (χ1) is 30.8. The van der Waals surface area contributed by atoms with Crippen molar-refractivity contribution in [2.45, 2.75) is 115 Å². The summed E-state index contributed by atoms with van der Waals surface area (Å²) in [5, 5.41) is 11.3. The van der Waals surface area contributed by atoms with Crippen LogP contribution in [0, 0.1) is 17.7 Å². The second-order valence-electron chi connectivity index (χ2n) is 17.1. The maximum Gasteiger partial charge on any atom is 0.407 e. The van der Waals surface area contributed by atoms with Gasteiger partial charge in [-0.05, 0) is 110 Å². The standard InChI is InChI=1S/C48H62FN7O8/c1-7-29(3)41(52-47(61)63-5)45(59)54-27-9-11-39(54)43(57)50-34-19-13-31(14-20-34)37-25-26-38(56(37)36-23-17-33(49)18-24-36)32-15-21-35(22-16-32)51-44(58)40-12-10-28-55(40)46(60)42(30(4)8-2)53-48(62)64-6/h13-24,29-30,37-42H,7-12,25-28H2,1-6H3,(H,50,57)(H,51,58)(H,52,61)(H,53,62)/t29-,30-,37+,38+,39-,40-,41-,42-/m0/s1. The van der Waals surface area contributed by atoms with Crippen LogP contribution in [0.2, 0.25) is 0 Å². The molecule has 0 bridgehead atoms. The van der Waals surface area contributed by atoms with Crippen LogP contribution in [0.15, 0.2) is 72.8 Å². The van der Waals surface area contributed by atoms with Crippen molar-refractivity contribution in [1.82, 2.24) is 20.4 Å². The molecule has 0 unspecified atom stereocenters. The molecule has 8 atom stereocenters. The Morgan fingerprint density at radius 2 is 1.00 bits per heavy atom. The van der Waals surface area contributed by atoms with Crippen molar-refractivity contribution in [2.24, 2.45) is 11.8 Å². The van der Waals surface area contributed by atoms with Crippen LogP contribution in [0.3, 0.4) is 0 Å². The number of halogens is 1. The lowest BCUT2D eigenvalue weighted by atomic mass is 9.97. The zero-order valence-electron chi connectivity index (χ0n) is 37.6. The summed E-state index contributed by atoms with van der Waals surface area (Å²) < 4.78 is 23.7. The molecule has 344 valence electrons. The molecule has 3 aliphatic rings. The molecule has 15 nitrogen and oxygen atoms in total. The lowest BCUT2D eigenvalue weighted by Gasteiger charge is -2.33. The minimum Gasteiger partial charge on any atom is -0.453 e. The molecule has 0 spiro atoms. The van der Waals surface area contributed by atoms with E-state index in [0.29, 0.717) is 63.0 Å². The number of rotatable bonds is 15. The normalized spacial score (nSPS) is 21.3. The van der Waals surface area contributed by atoms with Crippen molar-refractivity contribution in [3.8, 4) is 0 Å². The Bertz CT molecular complexity index is 1990. The second kappa shape index (κ2) is 21.5. The number of alkyl carbamates (subject to hydrolysis) is 2. The maximum atomic E-state index is 14.2. The fourth-order valence-corrected chi connectivity index (χ4v) is 9.17. The van der Waals surface area contributed by atoms with Gasteiger partial charge in [-0.1, -0.05) is 64.8 Å².